The third-order valence-corrected chi connectivity index (χ3v) is 2.01. The highest BCUT2D eigenvalue weighted by atomic mass is 16.1. The molecule has 1 N–H and O–H groups in total. The Morgan fingerprint density at radius 2 is 2.00 bits per heavy atom. The third kappa shape index (κ3) is 1.79. The number of aromatic nitrogens is 2. The molecule has 15 heavy (non-hydrogen) atoms. The van der Waals surface area contributed by atoms with Crippen LogP contribution in [0, 0.1) is 12.3 Å². The Kier molecular flexibility index (Phi) is 2.34. The van der Waals surface area contributed by atoms with Gasteiger partial charge in [0.05, 0.1) is 5.56 Å². The molecule has 0 spiro atoms. The van der Waals surface area contributed by atoms with Gasteiger partial charge in [-0.1, -0.05) is 36.3 Å². The number of nitrogens with one attached hydrogen (secondary N) is 1. The quantitative estimate of drug-likeness (QED) is 0.701. The number of aromatic amines is 1. The standard InChI is InChI=1S/C12H8N2O/c1-2-9-8-11(15)13-14-12(9)10-6-4-3-5-7-10/h1,3-8H,(H,13,15). The molecule has 0 radical (unpaired) electrons. The van der Waals surface area contributed by atoms with Crippen molar-refractivity contribution in [3.63, 3.8) is 0 Å². The predicted molar refractivity (Wildman–Crippen MR) is 58.2 cm³/mol. The zero-order valence-corrected chi connectivity index (χ0v) is 7.90. The van der Waals surface area contributed by atoms with Crippen LogP contribution >= 0.6 is 0 Å². The minimum Gasteiger partial charge on any atom is -0.268 e. The SMILES string of the molecule is C#Cc1cc(=O)[nH]nc1-c1ccccc1. The molecule has 3 nitrogen and oxygen atoms in total. The van der Waals surface area contributed by atoms with Crippen LogP contribution < -0.4 is 5.56 Å². The normalized spacial score (nSPS) is 9.53. The Hall–Kier alpha value is -2.34. The van der Waals surface area contributed by atoms with Gasteiger partial charge in [-0.2, -0.15) is 5.10 Å². The Morgan fingerprint density at radius 1 is 1.27 bits per heavy atom. The van der Waals surface area contributed by atoms with E-state index in [0.717, 1.165) is 5.56 Å². The van der Waals surface area contributed by atoms with E-state index in [-0.39, 0.29) is 5.56 Å². The summed E-state index contributed by atoms with van der Waals surface area (Å²) in [6.45, 7) is 0. The molecule has 0 bridgehead atoms. The molecule has 72 valence electrons. The molecular weight excluding hydrogens is 188 g/mol. The van der Waals surface area contributed by atoms with Gasteiger partial charge in [0, 0.05) is 11.6 Å². The van der Waals surface area contributed by atoms with Gasteiger partial charge in [0.2, 0.25) is 0 Å². The van der Waals surface area contributed by atoms with E-state index in [2.05, 4.69) is 16.1 Å². The summed E-state index contributed by atoms with van der Waals surface area (Å²) >= 11 is 0. The zero-order valence-electron chi connectivity index (χ0n) is 7.90. The van der Waals surface area contributed by atoms with Crippen molar-refractivity contribution < 1.29 is 0 Å². The molecule has 2 rings (SSSR count). The second-order valence-corrected chi connectivity index (χ2v) is 3.00. The largest absolute Gasteiger partial charge is 0.268 e. The average Bonchev–Trinajstić information content (AvgIpc) is 2.30. The average molecular weight is 196 g/mol. The molecular formula is C12H8N2O. The number of nitrogens with zero attached hydrogens (tertiary/aromatic N) is 1. The van der Waals surface area contributed by atoms with Crippen molar-refractivity contribution >= 4 is 0 Å². The molecule has 0 aliphatic heterocycles. The highest BCUT2D eigenvalue weighted by Gasteiger charge is 2.04. The lowest BCUT2D eigenvalue weighted by molar-refractivity contribution is 0.991. The zero-order chi connectivity index (χ0) is 10.7. The van der Waals surface area contributed by atoms with Crippen LogP contribution in [0.3, 0.4) is 0 Å². The van der Waals surface area contributed by atoms with Gasteiger partial charge in [0.15, 0.2) is 0 Å². The summed E-state index contributed by atoms with van der Waals surface area (Å²) in [5.41, 5.74) is 1.73. The van der Waals surface area contributed by atoms with Crippen molar-refractivity contribution in [3.8, 4) is 23.6 Å². The first-order valence-electron chi connectivity index (χ1n) is 4.43. The Morgan fingerprint density at radius 3 is 2.67 bits per heavy atom. The molecule has 0 fully saturated rings. The van der Waals surface area contributed by atoms with E-state index < -0.39 is 0 Å². The molecule has 0 aliphatic carbocycles. The summed E-state index contributed by atoms with van der Waals surface area (Å²) in [4.78, 5) is 11.0. The second kappa shape index (κ2) is 3.81. The molecule has 0 atom stereocenters. The smallest absolute Gasteiger partial charge is 0.265 e. The first-order chi connectivity index (χ1) is 7.31. The van der Waals surface area contributed by atoms with E-state index in [1.165, 1.54) is 6.07 Å². The highest BCUT2D eigenvalue weighted by Crippen LogP contribution is 2.17. The van der Waals surface area contributed by atoms with E-state index in [0.29, 0.717) is 11.3 Å². The molecule has 0 saturated heterocycles. The molecule has 0 unspecified atom stereocenters. The second-order valence-electron chi connectivity index (χ2n) is 3.00. The van der Waals surface area contributed by atoms with E-state index >= 15 is 0 Å². The summed E-state index contributed by atoms with van der Waals surface area (Å²) in [5.74, 6) is 2.45. The van der Waals surface area contributed by atoms with Crippen LogP contribution in [0.1, 0.15) is 5.56 Å². The van der Waals surface area contributed by atoms with Gasteiger partial charge in [-0.05, 0) is 0 Å². The molecule has 1 heterocycles. The number of hydrogen-bond donors (Lipinski definition) is 1. The monoisotopic (exact) mass is 196 g/mol. The first-order valence-corrected chi connectivity index (χ1v) is 4.43. The van der Waals surface area contributed by atoms with Crippen molar-refractivity contribution in [1.82, 2.24) is 10.2 Å². The number of H-pyrrole nitrogens is 1. The van der Waals surface area contributed by atoms with Gasteiger partial charge in [0.25, 0.3) is 5.56 Å². The maximum atomic E-state index is 11.0. The first kappa shape index (κ1) is 9.22. The molecule has 0 amide bonds. The lowest BCUT2D eigenvalue weighted by Crippen LogP contribution is -2.08. The van der Waals surface area contributed by atoms with Crippen LogP contribution in [0.25, 0.3) is 11.3 Å². The Balaban J connectivity index is 2.65. The van der Waals surface area contributed by atoms with Crippen LogP contribution in [0.5, 0.6) is 0 Å². The fourth-order valence-corrected chi connectivity index (χ4v) is 1.33. The van der Waals surface area contributed by atoms with Gasteiger partial charge < -0.3 is 0 Å². The van der Waals surface area contributed by atoms with Crippen molar-refractivity contribution in [2.24, 2.45) is 0 Å². The van der Waals surface area contributed by atoms with Gasteiger partial charge >= 0.3 is 0 Å². The van der Waals surface area contributed by atoms with Crippen molar-refractivity contribution in [3.05, 3.63) is 52.3 Å². The number of rotatable bonds is 1. The van der Waals surface area contributed by atoms with E-state index in [9.17, 15) is 4.79 Å². The maximum Gasteiger partial charge on any atom is 0.265 e. The number of terminal acetylenes is 1. The minimum atomic E-state index is -0.289. The van der Waals surface area contributed by atoms with Crippen LogP contribution in [0.4, 0.5) is 0 Å². The molecule has 1 aromatic carbocycles. The predicted octanol–water partition coefficient (Wildman–Crippen LogP) is 1.42. The van der Waals surface area contributed by atoms with Crippen LogP contribution in [0.15, 0.2) is 41.2 Å². The summed E-state index contributed by atoms with van der Waals surface area (Å²) < 4.78 is 0. The van der Waals surface area contributed by atoms with E-state index in [1.54, 1.807) is 0 Å². The molecule has 3 heteroatoms. The lowest BCUT2D eigenvalue weighted by Gasteiger charge is -2.01. The van der Waals surface area contributed by atoms with Gasteiger partial charge in [-0.3, -0.25) is 4.79 Å². The Bertz CT molecular complexity index is 564. The van der Waals surface area contributed by atoms with Gasteiger partial charge in [-0.25, -0.2) is 5.10 Å². The third-order valence-electron chi connectivity index (χ3n) is 2.01. The minimum absolute atomic E-state index is 0.289. The molecule has 1 aromatic heterocycles. The van der Waals surface area contributed by atoms with Crippen LogP contribution in [-0.4, -0.2) is 10.2 Å². The number of benzene rings is 1. The summed E-state index contributed by atoms with van der Waals surface area (Å²) in [6.07, 6.45) is 5.31. The van der Waals surface area contributed by atoms with Gasteiger partial charge in [0.1, 0.15) is 5.69 Å². The maximum absolute atomic E-state index is 11.0. The molecule has 0 aliphatic rings. The molecule has 2 aromatic rings. The Labute approximate surface area is 86.8 Å². The van der Waals surface area contributed by atoms with Crippen molar-refractivity contribution in [1.29, 1.82) is 0 Å². The van der Waals surface area contributed by atoms with Crippen LogP contribution in [-0.2, 0) is 0 Å². The summed E-state index contributed by atoms with van der Waals surface area (Å²) in [7, 11) is 0. The number of hydrogen-bond acceptors (Lipinski definition) is 2. The fourth-order valence-electron chi connectivity index (χ4n) is 1.33. The summed E-state index contributed by atoms with van der Waals surface area (Å²) in [5, 5.41) is 6.31. The van der Waals surface area contributed by atoms with Crippen LogP contribution in [0.2, 0.25) is 0 Å². The van der Waals surface area contributed by atoms with E-state index in [4.69, 9.17) is 6.42 Å². The van der Waals surface area contributed by atoms with Crippen molar-refractivity contribution in [2.75, 3.05) is 0 Å². The highest BCUT2D eigenvalue weighted by molar-refractivity contribution is 5.65. The van der Waals surface area contributed by atoms with Gasteiger partial charge in [-0.15, -0.1) is 6.42 Å². The topological polar surface area (TPSA) is 45.8 Å². The van der Waals surface area contributed by atoms with Crippen molar-refractivity contribution in [2.45, 2.75) is 0 Å². The lowest BCUT2D eigenvalue weighted by atomic mass is 10.1. The summed E-state index contributed by atoms with van der Waals surface area (Å²) in [6, 6.07) is 10.8. The fraction of sp³-hybridized carbons (Fsp3) is 0. The molecule has 0 saturated carbocycles. The van der Waals surface area contributed by atoms with E-state index in [1.807, 2.05) is 30.3 Å².